The number of hydrogen-bond acceptors (Lipinski definition) is 4. The number of esters is 1. The van der Waals surface area contributed by atoms with Gasteiger partial charge in [0.25, 0.3) is 5.69 Å². The zero-order valence-corrected chi connectivity index (χ0v) is 14.8. The first-order valence-electron chi connectivity index (χ1n) is 8.12. The van der Waals surface area contributed by atoms with Crippen LogP contribution in [0.3, 0.4) is 0 Å². The van der Waals surface area contributed by atoms with Gasteiger partial charge in [0.05, 0.1) is 22.6 Å². The summed E-state index contributed by atoms with van der Waals surface area (Å²) in [5.74, 6) is -0.209. The van der Waals surface area contributed by atoms with Crippen molar-refractivity contribution in [2.24, 2.45) is 0 Å². The molecular weight excluding hydrogens is 342 g/mol. The number of nitro groups is 1. The van der Waals surface area contributed by atoms with Crippen LogP contribution in [-0.4, -0.2) is 18.0 Å². The van der Waals surface area contributed by atoms with Gasteiger partial charge >= 0.3 is 5.97 Å². The molecule has 6 heteroatoms. The number of hydrogen-bond donors (Lipinski definition) is 0. The fraction of sp³-hybridized carbons (Fsp3) is 0.316. The smallest absolute Gasteiger partial charge is 0.305 e. The molecule has 0 aliphatic heterocycles. The van der Waals surface area contributed by atoms with Gasteiger partial charge in [-0.1, -0.05) is 54.4 Å². The minimum absolute atomic E-state index is 0.00522. The summed E-state index contributed by atoms with van der Waals surface area (Å²) in [5.41, 5.74) is 2.07. The fourth-order valence-electron chi connectivity index (χ4n) is 2.70. The van der Waals surface area contributed by atoms with Crippen LogP contribution in [0.15, 0.2) is 42.5 Å². The first kappa shape index (κ1) is 18.9. The van der Waals surface area contributed by atoms with Crippen LogP contribution >= 0.6 is 11.6 Å². The second-order valence-corrected chi connectivity index (χ2v) is 6.07. The number of aryl methyl sites for hydroxylation is 1. The van der Waals surface area contributed by atoms with Gasteiger partial charge in [-0.15, -0.1) is 0 Å². The molecule has 0 aromatic heterocycles. The number of carbonyl (C=O) groups is 1. The Labute approximate surface area is 151 Å². The molecule has 0 unspecified atom stereocenters. The number of benzene rings is 2. The van der Waals surface area contributed by atoms with Gasteiger partial charge in [-0.05, 0) is 30.4 Å². The molecule has 0 saturated carbocycles. The van der Waals surface area contributed by atoms with Gasteiger partial charge in [0.2, 0.25) is 0 Å². The van der Waals surface area contributed by atoms with E-state index in [-0.39, 0.29) is 11.7 Å². The van der Waals surface area contributed by atoms with Gasteiger partial charge < -0.3 is 4.74 Å². The van der Waals surface area contributed by atoms with E-state index >= 15 is 0 Å². The lowest BCUT2D eigenvalue weighted by Gasteiger charge is -2.11. The van der Waals surface area contributed by atoms with Crippen molar-refractivity contribution in [2.45, 2.75) is 32.1 Å². The van der Waals surface area contributed by atoms with Gasteiger partial charge in [0.1, 0.15) is 0 Å². The van der Waals surface area contributed by atoms with Gasteiger partial charge in [-0.3, -0.25) is 14.9 Å². The molecule has 0 aliphatic carbocycles. The molecule has 0 spiro atoms. The summed E-state index contributed by atoms with van der Waals surface area (Å²) in [6.07, 6.45) is 3.58. The van der Waals surface area contributed by atoms with E-state index in [4.69, 9.17) is 11.6 Å². The zero-order valence-electron chi connectivity index (χ0n) is 14.0. The van der Waals surface area contributed by atoms with Crippen molar-refractivity contribution >= 4 is 23.3 Å². The molecule has 0 atom stereocenters. The number of ether oxygens (including phenoxy) is 1. The van der Waals surface area contributed by atoms with E-state index in [1.165, 1.54) is 13.2 Å². The molecule has 0 fully saturated rings. The first-order valence-corrected chi connectivity index (χ1v) is 8.50. The second kappa shape index (κ2) is 9.18. The molecule has 0 N–H and O–H groups in total. The van der Waals surface area contributed by atoms with E-state index in [2.05, 4.69) is 4.74 Å². The third-order valence-electron chi connectivity index (χ3n) is 4.01. The molecule has 2 rings (SSSR count). The van der Waals surface area contributed by atoms with Gasteiger partial charge in [0.15, 0.2) is 0 Å². The molecule has 0 bridgehead atoms. The predicted molar refractivity (Wildman–Crippen MR) is 97.7 cm³/mol. The van der Waals surface area contributed by atoms with Crippen LogP contribution in [0.2, 0.25) is 5.02 Å². The maximum Gasteiger partial charge on any atom is 0.305 e. The molecule has 25 heavy (non-hydrogen) atoms. The Kier molecular flexibility index (Phi) is 6.95. The maximum absolute atomic E-state index is 11.4. The SMILES string of the molecule is COC(=O)CCCCCc1ccc([N+](=O)[O-])c(-c2ccccc2)c1Cl. The lowest BCUT2D eigenvalue weighted by Crippen LogP contribution is -2.00. The Morgan fingerprint density at radius 3 is 2.48 bits per heavy atom. The number of unbranched alkanes of at least 4 members (excludes halogenated alkanes) is 2. The summed E-state index contributed by atoms with van der Waals surface area (Å²) in [6.45, 7) is 0. The number of nitro benzene ring substituents is 1. The van der Waals surface area contributed by atoms with E-state index in [1.54, 1.807) is 6.07 Å². The van der Waals surface area contributed by atoms with Gasteiger partial charge in [-0.25, -0.2) is 0 Å². The average Bonchev–Trinajstić information content (AvgIpc) is 2.62. The Balaban J connectivity index is 2.15. The van der Waals surface area contributed by atoms with Crippen LogP contribution in [0, 0.1) is 10.1 Å². The van der Waals surface area contributed by atoms with Crippen molar-refractivity contribution in [2.75, 3.05) is 7.11 Å². The monoisotopic (exact) mass is 361 g/mol. The van der Waals surface area contributed by atoms with E-state index in [9.17, 15) is 14.9 Å². The largest absolute Gasteiger partial charge is 0.469 e. The third kappa shape index (κ3) is 5.03. The van der Waals surface area contributed by atoms with Crippen LogP contribution in [0.1, 0.15) is 31.2 Å². The highest BCUT2D eigenvalue weighted by atomic mass is 35.5. The topological polar surface area (TPSA) is 69.4 Å². The van der Waals surface area contributed by atoms with Crippen LogP contribution in [0.25, 0.3) is 11.1 Å². The zero-order chi connectivity index (χ0) is 18.2. The van der Waals surface area contributed by atoms with Crippen molar-refractivity contribution in [3.63, 3.8) is 0 Å². The summed E-state index contributed by atoms with van der Waals surface area (Å²) in [5, 5.41) is 11.8. The number of methoxy groups -OCH3 is 1. The molecule has 0 saturated heterocycles. The summed E-state index contributed by atoms with van der Waals surface area (Å²) >= 11 is 6.50. The molecular formula is C19H20ClNO4. The van der Waals surface area contributed by atoms with E-state index < -0.39 is 4.92 Å². The number of nitrogens with zero attached hydrogens (tertiary/aromatic N) is 1. The van der Waals surface area contributed by atoms with E-state index in [1.807, 2.05) is 30.3 Å². The summed E-state index contributed by atoms with van der Waals surface area (Å²) in [6, 6.07) is 12.4. The summed E-state index contributed by atoms with van der Waals surface area (Å²) < 4.78 is 4.61. The van der Waals surface area contributed by atoms with E-state index in [0.717, 1.165) is 30.4 Å². The molecule has 0 radical (unpaired) electrons. The summed E-state index contributed by atoms with van der Waals surface area (Å²) in [7, 11) is 1.38. The molecule has 132 valence electrons. The van der Waals surface area contributed by atoms with Crippen LogP contribution in [0.5, 0.6) is 0 Å². The standard InChI is InChI=1S/C19H20ClNO4/c1-25-17(22)11-7-3-6-10-15-12-13-16(21(23)24)18(19(15)20)14-8-4-2-5-9-14/h2,4-5,8-9,12-13H,3,6-7,10-11H2,1H3. The van der Waals surface area contributed by atoms with Crippen LogP contribution in [-0.2, 0) is 16.0 Å². The molecule has 0 heterocycles. The molecule has 0 aliphatic rings. The average molecular weight is 362 g/mol. The minimum atomic E-state index is -0.408. The highest BCUT2D eigenvalue weighted by Crippen LogP contribution is 2.38. The number of rotatable bonds is 8. The lowest BCUT2D eigenvalue weighted by atomic mass is 9.98. The van der Waals surface area contributed by atoms with Crippen molar-refractivity contribution in [1.29, 1.82) is 0 Å². The van der Waals surface area contributed by atoms with Gasteiger partial charge in [-0.2, -0.15) is 0 Å². The van der Waals surface area contributed by atoms with E-state index in [0.29, 0.717) is 23.4 Å². The molecule has 2 aromatic rings. The Morgan fingerprint density at radius 1 is 1.12 bits per heavy atom. The van der Waals surface area contributed by atoms with Crippen molar-refractivity contribution < 1.29 is 14.5 Å². The molecule has 2 aromatic carbocycles. The Hall–Kier alpha value is -2.40. The summed E-state index contributed by atoms with van der Waals surface area (Å²) in [4.78, 5) is 22.0. The van der Waals surface area contributed by atoms with Crippen molar-refractivity contribution in [3.05, 3.63) is 63.2 Å². The number of halogens is 1. The molecule has 0 amide bonds. The highest BCUT2D eigenvalue weighted by Gasteiger charge is 2.21. The van der Waals surface area contributed by atoms with Gasteiger partial charge in [0, 0.05) is 12.5 Å². The van der Waals surface area contributed by atoms with Crippen molar-refractivity contribution in [3.8, 4) is 11.1 Å². The quantitative estimate of drug-likeness (QED) is 0.281. The number of carbonyl (C=O) groups excluding carboxylic acids is 1. The van der Waals surface area contributed by atoms with Crippen LogP contribution in [0.4, 0.5) is 5.69 Å². The Bertz CT molecular complexity index is 747. The lowest BCUT2D eigenvalue weighted by molar-refractivity contribution is -0.384. The Morgan fingerprint density at radius 2 is 1.84 bits per heavy atom. The normalized spacial score (nSPS) is 10.5. The van der Waals surface area contributed by atoms with Crippen LogP contribution < -0.4 is 0 Å². The van der Waals surface area contributed by atoms with Crippen molar-refractivity contribution in [1.82, 2.24) is 0 Å². The first-order chi connectivity index (χ1) is 12.0. The second-order valence-electron chi connectivity index (χ2n) is 5.69. The highest BCUT2D eigenvalue weighted by molar-refractivity contribution is 6.34. The minimum Gasteiger partial charge on any atom is -0.469 e. The maximum atomic E-state index is 11.4. The fourth-order valence-corrected chi connectivity index (χ4v) is 3.06. The third-order valence-corrected chi connectivity index (χ3v) is 4.45. The molecule has 5 nitrogen and oxygen atoms in total. The predicted octanol–water partition coefficient (Wildman–Crippen LogP) is 5.19.